The summed E-state index contributed by atoms with van der Waals surface area (Å²) in [7, 11) is 0. The van der Waals surface area contributed by atoms with Gasteiger partial charge in [-0.1, -0.05) is 82.2 Å². The Morgan fingerprint density at radius 1 is 0.880 bits per heavy atom. The molecule has 0 N–H and O–H groups in total. The Kier molecular flexibility index (Phi) is 8.31. The average molecular weight is 337 g/mol. The molecule has 2 rings (SSSR count). The summed E-state index contributed by atoms with van der Waals surface area (Å²) in [5.74, 6) is 1.76. The van der Waals surface area contributed by atoms with Crippen molar-refractivity contribution >= 4 is 6.08 Å². The summed E-state index contributed by atoms with van der Waals surface area (Å²) in [5, 5.41) is 0. The highest BCUT2D eigenvalue weighted by atomic mass is 16.5. The average Bonchev–Trinajstić information content (AvgIpc) is 2.63. The Bertz CT molecular complexity index is 620. The molecule has 1 nitrogen and oxygen atoms in total. The number of ether oxygens (including phenoxy) is 1. The normalized spacial score (nSPS) is 11.4. The van der Waals surface area contributed by atoms with Crippen LogP contribution in [0.2, 0.25) is 0 Å². The minimum atomic E-state index is 0.800. The molecule has 25 heavy (non-hydrogen) atoms. The zero-order valence-electron chi connectivity index (χ0n) is 16.0. The standard InChI is InChI=1S/C24H32O/c1-4-5-19-25-24-17-15-23(16-18-24)22-13-11-21(12-14-22)10-8-6-7-9-20(2)3/h8,10-18,20H,4-7,9,19H2,1-3H3. The zero-order chi connectivity index (χ0) is 17.9. The smallest absolute Gasteiger partial charge is 0.119 e. The summed E-state index contributed by atoms with van der Waals surface area (Å²) >= 11 is 0. The molecule has 0 amide bonds. The van der Waals surface area contributed by atoms with Crippen LogP contribution in [0.25, 0.3) is 17.2 Å². The van der Waals surface area contributed by atoms with E-state index in [4.69, 9.17) is 4.74 Å². The Labute approximate surface area is 153 Å². The number of hydrogen-bond donors (Lipinski definition) is 0. The van der Waals surface area contributed by atoms with Crippen LogP contribution in [-0.2, 0) is 0 Å². The van der Waals surface area contributed by atoms with Gasteiger partial charge in [0.2, 0.25) is 0 Å². The number of benzene rings is 2. The van der Waals surface area contributed by atoms with Crippen molar-refractivity contribution < 1.29 is 4.74 Å². The predicted molar refractivity (Wildman–Crippen MR) is 110 cm³/mol. The third-order valence-electron chi connectivity index (χ3n) is 4.33. The second-order valence-corrected chi connectivity index (χ2v) is 7.08. The highest BCUT2D eigenvalue weighted by Crippen LogP contribution is 2.23. The SMILES string of the molecule is CCCCOc1ccc(-c2ccc(C=CCCCC(C)C)cc2)cc1. The van der Waals surface area contributed by atoms with E-state index in [9.17, 15) is 0 Å². The summed E-state index contributed by atoms with van der Waals surface area (Å²) in [5.41, 5.74) is 3.75. The minimum Gasteiger partial charge on any atom is -0.494 e. The van der Waals surface area contributed by atoms with E-state index in [1.807, 2.05) is 0 Å². The first-order valence-electron chi connectivity index (χ1n) is 9.69. The molecule has 0 saturated heterocycles. The third kappa shape index (κ3) is 7.17. The molecule has 0 bridgehead atoms. The van der Waals surface area contributed by atoms with Gasteiger partial charge in [-0.15, -0.1) is 0 Å². The van der Waals surface area contributed by atoms with Crippen LogP contribution in [0.4, 0.5) is 0 Å². The fourth-order valence-corrected chi connectivity index (χ4v) is 2.73. The van der Waals surface area contributed by atoms with Crippen LogP contribution in [-0.4, -0.2) is 6.61 Å². The lowest BCUT2D eigenvalue weighted by atomic mass is 10.0. The molecule has 2 aromatic carbocycles. The maximum atomic E-state index is 5.73. The number of rotatable bonds is 10. The molecule has 0 atom stereocenters. The maximum absolute atomic E-state index is 5.73. The van der Waals surface area contributed by atoms with E-state index in [0.29, 0.717) is 0 Å². The van der Waals surface area contributed by atoms with Crippen LogP contribution in [0.3, 0.4) is 0 Å². The first-order valence-corrected chi connectivity index (χ1v) is 9.69. The third-order valence-corrected chi connectivity index (χ3v) is 4.33. The van der Waals surface area contributed by atoms with Gasteiger partial charge in [-0.2, -0.15) is 0 Å². The fourth-order valence-electron chi connectivity index (χ4n) is 2.73. The fraction of sp³-hybridized carbons (Fsp3) is 0.417. The molecule has 0 radical (unpaired) electrons. The number of hydrogen-bond acceptors (Lipinski definition) is 1. The lowest BCUT2D eigenvalue weighted by molar-refractivity contribution is 0.309. The Hall–Kier alpha value is -2.02. The molecular formula is C24H32O. The lowest BCUT2D eigenvalue weighted by Crippen LogP contribution is -1.95. The molecule has 0 aliphatic carbocycles. The Morgan fingerprint density at radius 3 is 2.12 bits per heavy atom. The quantitative estimate of drug-likeness (QED) is 0.411. The van der Waals surface area contributed by atoms with Crippen molar-refractivity contribution in [2.24, 2.45) is 5.92 Å². The second-order valence-electron chi connectivity index (χ2n) is 7.08. The van der Waals surface area contributed by atoms with Gasteiger partial charge in [0.05, 0.1) is 6.61 Å². The zero-order valence-corrected chi connectivity index (χ0v) is 16.0. The molecule has 0 spiro atoms. The van der Waals surface area contributed by atoms with Gasteiger partial charge < -0.3 is 4.74 Å². The Morgan fingerprint density at radius 2 is 1.52 bits per heavy atom. The molecule has 0 heterocycles. The van der Waals surface area contributed by atoms with Crippen molar-refractivity contribution in [3.05, 3.63) is 60.2 Å². The van der Waals surface area contributed by atoms with Crippen LogP contribution in [0, 0.1) is 5.92 Å². The highest BCUT2D eigenvalue weighted by molar-refractivity contribution is 5.66. The van der Waals surface area contributed by atoms with Gasteiger partial charge >= 0.3 is 0 Å². The molecule has 0 saturated carbocycles. The van der Waals surface area contributed by atoms with Crippen molar-refractivity contribution in [1.82, 2.24) is 0 Å². The van der Waals surface area contributed by atoms with Gasteiger partial charge in [0.25, 0.3) is 0 Å². The predicted octanol–water partition coefficient (Wildman–Crippen LogP) is 7.37. The summed E-state index contributed by atoms with van der Waals surface area (Å²) in [6.45, 7) is 7.55. The van der Waals surface area contributed by atoms with Crippen molar-refractivity contribution in [2.75, 3.05) is 6.61 Å². The van der Waals surface area contributed by atoms with Gasteiger partial charge in [-0.25, -0.2) is 0 Å². The van der Waals surface area contributed by atoms with Crippen molar-refractivity contribution in [1.29, 1.82) is 0 Å². The second kappa shape index (κ2) is 10.8. The van der Waals surface area contributed by atoms with Crippen LogP contribution >= 0.6 is 0 Å². The van der Waals surface area contributed by atoms with E-state index in [1.54, 1.807) is 0 Å². The first-order chi connectivity index (χ1) is 12.2. The summed E-state index contributed by atoms with van der Waals surface area (Å²) in [6.07, 6.45) is 10.5. The molecule has 1 heteroatoms. The maximum Gasteiger partial charge on any atom is 0.119 e. The molecule has 0 unspecified atom stereocenters. The molecule has 0 fully saturated rings. The topological polar surface area (TPSA) is 9.23 Å². The molecule has 0 aliphatic heterocycles. The van der Waals surface area contributed by atoms with Gasteiger partial charge in [-0.05, 0) is 54.0 Å². The van der Waals surface area contributed by atoms with E-state index in [0.717, 1.165) is 31.1 Å². The van der Waals surface area contributed by atoms with Crippen molar-refractivity contribution in [2.45, 2.75) is 52.9 Å². The lowest BCUT2D eigenvalue weighted by Gasteiger charge is -2.07. The largest absolute Gasteiger partial charge is 0.494 e. The molecular weight excluding hydrogens is 304 g/mol. The van der Waals surface area contributed by atoms with E-state index >= 15 is 0 Å². The van der Waals surface area contributed by atoms with E-state index in [2.05, 4.69) is 81.5 Å². The summed E-state index contributed by atoms with van der Waals surface area (Å²) in [6, 6.07) is 17.2. The van der Waals surface area contributed by atoms with Crippen LogP contribution < -0.4 is 4.74 Å². The van der Waals surface area contributed by atoms with Crippen LogP contribution in [0.15, 0.2) is 54.6 Å². The monoisotopic (exact) mass is 336 g/mol. The van der Waals surface area contributed by atoms with Crippen molar-refractivity contribution in [3.63, 3.8) is 0 Å². The minimum absolute atomic E-state index is 0.800. The van der Waals surface area contributed by atoms with Crippen molar-refractivity contribution in [3.8, 4) is 16.9 Å². The molecule has 0 aromatic heterocycles. The molecule has 134 valence electrons. The van der Waals surface area contributed by atoms with Gasteiger partial charge in [0, 0.05) is 0 Å². The van der Waals surface area contributed by atoms with E-state index < -0.39 is 0 Å². The number of allylic oxidation sites excluding steroid dienone is 1. The molecule has 2 aromatic rings. The summed E-state index contributed by atoms with van der Waals surface area (Å²) < 4.78 is 5.73. The van der Waals surface area contributed by atoms with Crippen LogP contribution in [0.1, 0.15) is 58.4 Å². The van der Waals surface area contributed by atoms with E-state index in [1.165, 1.54) is 36.0 Å². The van der Waals surface area contributed by atoms with Crippen LogP contribution in [0.5, 0.6) is 5.75 Å². The first kappa shape index (κ1) is 19.3. The molecule has 0 aliphatic rings. The number of unbranched alkanes of at least 4 members (excludes halogenated alkanes) is 2. The summed E-state index contributed by atoms with van der Waals surface area (Å²) in [4.78, 5) is 0. The van der Waals surface area contributed by atoms with E-state index in [-0.39, 0.29) is 0 Å². The van der Waals surface area contributed by atoms with Gasteiger partial charge in [-0.3, -0.25) is 0 Å². The highest BCUT2D eigenvalue weighted by Gasteiger charge is 1.99. The van der Waals surface area contributed by atoms with Gasteiger partial charge in [0.1, 0.15) is 5.75 Å². The Balaban J connectivity index is 1.87. The van der Waals surface area contributed by atoms with Gasteiger partial charge in [0.15, 0.2) is 0 Å².